The highest BCUT2D eigenvalue weighted by Gasteiger charge is 2.23. The summed E-state index contributed by atoms with van der Waals surface area (Å²) in [5.74, 6) is 3.01. The van der Waals surface area contributed by atoms with Crippen LogP contribution in [-0.4, -0.2) is 18.9 Å². The van der Waals surface area contributed by atoms with E-state index in [4.69, 9.17) is 19.7 Å². The normalized spacial score (nSPS) is 14.3. The molecule has 0 unspecified atom stereocenters. The van der Waals surface area contributed by atoms with E-state index in [-0.39, 0.29) is 0 Å². The topological polar surface area (TPSA) is 70.5 Å². The van der Waals surface area contributed by atoms with Crippen LogP contribution in [0.1, 0.15) is 12.8 Å². The molecule has 3 rings (SSSR count). The molecule has 1 aliphatic carbocycles. The monoisotopic (exact) mass is 338 g/mol. The van der Waals surface area contributed by atoms with Crippen molar-refractivity contribution in [3.63, 3.8) is 0 Å². The average molecular weight is 339 g/mol. The van der Waals surface area contributed by atoms with Gasteiger partial charge in [-0.15, -0.1) is 0 Å². The largest absolute Gasteiger partial charge is 0.493 e. The molecule has 1 aliphatic rings. The molecule has 106 valence electrons. The molecule has 0 saturated heterocycles. The Morgan fingerprint density at radius 3 is 2.75 bits per heavy atom. The van der Waals surface area contributed by atoms with E-state index in [0.29, 0.717) is 23.2 Å². The number of nitrogen functional groups attached to an aromatic ring is 1. The highest BCUT2D eigenvalue weighted by molar-refractivity contribution is 9.10. The van der Waals surface area contributed by atoms with E-state index in [2.05, 4.69) is 21.1 Å². The lowest BCUT2D eigenvalue weighted by Crippen LogP contribution is -2.01. The van der Waals surface area contributed by atoms with E-state index in [9.17, 15) is 0 Å². The number of methoxy groups -OCH3 is 1. The fourth-order valence-electron chi connectivity index (χ4n) is 1.90. The van der Waals surface area contributed by atoms with Gasteiger partial charge >= 0.3 is 0 Å². The van der Waals surface area contributed by atoms with Gasteiger partial charge in [-0.05, 0) is 46.8 Å². The molecule has 20 heavy (non-hydrogen) atoms. The van der Waals surface area contributed by atoms with Gasteiger partial charge in [0.15, 0.2) is 23.1 Å². The highest BCUT2D eigenvalue weighted by Crippen LogP contribution is 2.40. The number of hydrogen-bond donors (Lipinski definition) is 1. The average Bonchev–Trinajstić information content (AvgIpc) is 3.17. The molecule has 1 fully saturated rings. The number of nitrogens with two attached hydrogens (primary N) is 1. The molecule has 0 bridgehead atoms. The number of nitrogens with zero attached hydrogens (tertiary/aromatic N) is 1. The lowest BCUT2D eigenvalue weighted by Gasteiger charge is -2.12. The lowest BCUT2D eigenvalue weighted by atomic mass is 10.1. The molecule has 2 N–H and O–H groups in total. The molecule has 2 aromatic rings. The first-order valence-electron chi connectivity index (χ1n) is 6.40. The van der Waals surface area contributed by atoms with E-state index in [1.54, 1.807) is 13.2 Å². The molecule has 5 nitrogen and oxygen atoms in total. The number of ether oxygens (including phenoxy) is 2. The van der Waals surface area contributed by atoms with Crippen molar-refractivity contribution < 1.29 is 14.0 Å². The molecule has 0 spiro atoms. The zero-order valence-corrected chi connectivity index (χ0v) is 12.6. The minimum absolute atomic E-state index is 0.347. The Morgan fingerprint density at radius 2 is 2.15 bits per heavy atom. The summed E-state index contributed by atoms with van der Waals surface area (Å²) in [6.45, 7) is 0.734. The maximum atomic E-state index is 5.80. The van der Waals surface area contributed by atoms with Gasteiger partial charge in [0.2, 0.25) is 0 Å². The van der Waals surface area contributed by atoms with Gasteiger partial charge < -0.3 is 19.7 Å². The SMILES string of the molecule is COc1cc(-c2cc(N)no2)c(Br)cc1OCC1CC1. The van der Waals surface area contributed by atoms with E-state index in [1.807, 2.05) is 12.1 Å². The summed E-state index contributed by atoms with van der Waals surface area (Å²) in [4.78, 5) is 0. The van der Waals surface area contributed by atoms with Crippen LogP contribution in [0.15, 0.2) is 27.2 Å². The van der Waals surface area contributed by atoms with Crippen molar-refractivity contribution in [1.29, 1.82) is 0 Å². The van der Waals surface area contributed by atoms with Crippen LogP contribution in [0.4, 0.5) is 5.82 Å². The molecular formula is C14H15BrN2O3. The van der Waals surface area contributed by atoms with Crippen LogP contribution < -0.4 is 15.2 Å². The van der Waals surface area contributed by atoms with Crippen LogP contribution in [0.25, 0.3) is 11.3 Å². The Bertz CT molecular complexity index is 623. The summed E-state index contributed by atoms with van der Waals surface area (Å²) in [6.07, 6.45) is 2.50. The van der Waals surface area contributed by atoms with Crippen molar-refractivity contribution in [3.05, 3.63) is 22.7 Å². The summed E-state index contributed by atoms with van der Waals surface area (Å²) >= 11 is 3.51. The molecule has 1 heterocycles. The first-order chi connectivity index (χ1) is 9.67. The Morgan fingerprint density at radius 1 is 1.35 bits per heavy atom. The van der Waals surface area contributed by atoms with Gasteiger partial charge in [0.25, 0.3) is 0 Å². The zero-order chi connectivity index (χ0) is 14.1. The molecule has 0 atom stereocenters. The maximum absolute atomic E-state index is 5.80. The van der Waals surface area contributed by atoms with Crippen LogP contribution in [0.2, 0.25) is 0 Å². The third kappa shape index (κ3) is 2.75. The molecule has 6 heteroatoms. The second kappa shape index (κ2) is 5.36. The second-order valence-electron chi connectivity index (χ2n) is 4.85. The van der Waals surface area contributed by atoms with Crippen molar-refractivity contribution in [2.75, 3.05) is 19.5 Å². The fourth-order valence-corrected chi connectivity index (χ4v) is 2.42. The van der Waals surface area contributed by atoms with E-state index >= 15 is 0 Å². The minimum Gasteiger partial charge on any atom is -0.493 e. The minimum atomic E-state index is 0.347. The molecule has 1 aromatic carbocycles. The first-order valence-corrected chi connectivity index (χ1v) is 7.19. The van der Waals surface area contributed by atoms with E-state index < -0.39 is 0 Å². The number of aromatic nitrogens is 1. The fraction of sp³-hybridized carbons (Fsp3) is 0.357. The van der Waals surface area contributed by atoms with Gasteiger partial charge in [-0.3, -0.25) is 0 Å². The van der Waals surface area contributed by atoms with Crippen LogP contribution in [0.5, 0.6) is 11.5 Å². The molecular weight excluding hydrogens is 324 g/mol. The first kappa shape index (κ1) is 13.3. The van der Waals surface area contributed by atoms with Gasteiger partial charge in [-0.2, -0.15) is 0 Å². The van der Waals surface area contributed by atoms with Gasteiger partial charge in [0.05, 0.1) is 13.7 Å². The molecule has 1 aromatic heterocycles. The molecule has 0 amide bonds. The summed E-state index contributed by atoms with van der Waals surface area (Å²) < 4.78 is 17.2. The zero-order valence-electron chi connectivity index (χ0n) is 11.1. The Balaban J connectivity index is 1.91. The van der Waals surface area contributed by atoms with Crippen molar-refractivity contribution in [1.82, 2.24) is 5.16 Å². The Hall–Kier alpha value is -1.69. The van der Waals surface area contributed by atoms with Gasteiger partial charge in [0, 0.05) is 16.1 Å². The van der Waals surface area contributed by atoms with Crippen LogP contribution >= 0.6 is 15.9 Å². The summed E-state index contributed by atoms with van der Waals surface area (Å²) in [7, 11) is 1.62. The van der Waals surface area contributed by atoms with E-state index in [0.717, 1.165) is 22.4 Å². The van der Waals surface area contributed by atoms with Crippen molar-refractivity contribution >= 4 is 21.7 Å². The van der Waals surface area contributed by atoms with Crippen molar-refractivity contribution in [3.8, 4) is 22.8 Å². The third-order valence-electron chi connectivity index (χ3n) is 3.22. The Labute approximate surface area is 125 Å². The van der Waals surface area contributed by atoms with Crippen LogP contribution in [-0.2, 0) is 0 Å². The highest BCUT2D eigenvalue weighted by atomic mass is 79.9. The van der Waals surface area contributed by atoms with Crippen molar-refractivity contribution in [2.45, 2.75) is 12.8 Å². The van der Waals surface area contributed by atoms with E-state index in [1.165, 1.54) is 12.8 Å². The van der Waals surface area contributed by atoms with Gasteiger partial charge in [0.1, 0.15) is 0 Å². The van der Waals surface area contributed by atoms with Gasteiger partial charge in [-0.25, -0.2) is 0 Å². The predicted molar refractivity (Wildman–Crippen MR) is 78.8 cm³/mol. The lowest BCUT2D eigenvalue weighted by molar-refractivity contribution is 0.280. The number of halogens is 1. The molecule has 0 aliphatic heterocycles. The second-order valence-corrected chi connectivity index (χ2v) is 5.71. The van der Waals surface area contributed by atoms with Gasteiger partial charge in [-0.1, -0.05) is 5.16 Å². The van der Waals surface area contributed by atoms with Crippen LogP contribution in [0.3, 0.4) is 0 Å². The smallest absolute Gasteiger partial charge is 0.170 e. The quantitative estimate of drug-likeness (QED) is 0.903. The number of hydrogen-bond acceptors (Lipinski definition) is 5. The summed E-state index contributed by atoms with van der Waals surface area (Å²) in [5.41, 5.74) is 6.40. The third-order valence-corrected chi connectivity index (χ3v) is 3.87. The van der Waals surface area contributed by atoms with Crippen LogP contribution in [0, 0.1) is 5.92 Å². The number of rotatable bonds is 5. The summed E-state index contributed by atoms with van der Waals surface area (Å²) in [6, 6.07) is 5.41. The molecule has 1 saturated carbocycles. The Kier molecular flexibility index (Phi) is 3.56. The standard InChI is InChI=1S/C14H15BrN2O3/c1-18-12-4-9(11-6-14(16)17-20-11)10(15)5-13(12)19-7-8-2-3-8/h4-6,8H,2-3,7H2,1H3,(H2,16,17). The maximum Gasteiger partial charge on any atom is 0.170 e. The predicted octanol–water partition coefficient (Wildman–Crippen LogP) is 3.48. The molecule has 0 radical (unpaired) electrons. The number of anilines is 1. The van der Waals surface area contributed by atoms with Crippen molar-refractivity contribution in [2.24, 2.45) is 5.92 Å². The summed E-state index contributed by atoms with van der Waals surface area (Å²) in [5, 5.41) is 3.69. The number of benzene rings is 1.